The highest BCUT2D eigenvalue weighted by Crippen LogP contribution is 2.29. The summed E-state index contributed by atoms with van der Waals surface area (Å²) in [4.78, 5) is 36.7. The predicted octanol–water partition coefficient (Wildman–Crippen LogP) is -0.281. The molecule has 0 radical (unpaired) electrons. The molecule has 3 unspecified atom stereocenters. The molecular weight excluding hydrogens is 336 g/mol. The first-order valence-electron chi connectivity index (χ1n) is 8.74. The molecule has 1 aromatic carbocycles. The Hall–Kier alpha value is -2.78. The Balaban J connectivity index is 1.45. The van der Waals surface area contributed by atoms with Crippen molar-refractivity contribution in [1.82, 2.24) is 31.9 Å². The minimum absolute atomic E-state index is 0.0496. The van der Waals surface area contributed by atoms with Gasteiger partial charge in [-0.1, -0.05) is 31.0 Å². The van der Waals surface area contributed by atoms with Crippen molar-refractivity contribution in [1.29, 1.82) is 0 Å². The van der Waals surface area contributed by atoms with Gasteiger partial charge in [-0.3, -0.25) is 30.7 Å². The van der Waals surface area contributed by atoms with E-state index in [0.29, 0.717) is 16.8 Å². The molecule has 2 fully saturated rings. The van der Waals surface area contributed by atoms with E-state index in [1.54, 1.807) is 24.3 Å². The molecule has 1 aliphatic carbocycles. The lowest BCUT2D eigenvalue weighted by Crippen LogP contribution is -2.52. The highest BCUT2D eigenvalue weighted by Gasteiger charge is 2.41. The van der Waals surface area contributed by atoms with Gasteiger partial charge in [0.05, 0.1) is 5.39 Å². The van der Waals surface area contributed by atoms with Gasteiger partial charge < -0.3 is 0 Å². The fourth-order valence-corrected chi connectivity index (χ4v) is 3.84. The van der Waals surface area contributed by atoms with Gasteiger partial charge in [-0.15, -0.1) is 0 Å². The molecule has 4 rings (SSSR count). The second-order valence-corrected chi connectivity index (χ2v) is 6.71. The Morgan fingerprint density at radius 1 is 1.04 bits per heavy atom. The number of fused-ring (bicyclic) bond motifs is 2. The summed E-state index contributed by atoms with van der Waals surface area (Å²) in [6.45, 7) is 0. The van der Waals surface area contributed by atoms with Gasteiger partial charge in [0.25, 0.3) is 17.4 Å². The molecule has 2 aromatic rings. The zero-order valence-electron chi connectivity index (χ0n) is 14.0. The van der Waals surface area contributed by atoms with E-state index in [1.165, 1.54) is 0 Å². The molecule has 136 valence electrons. The number of hydrogen-bond acceptors (Lipinski definition) is 6. The summed E-state index contributed by atoms with van der Waals surface area (Å²) < 4.78 is 0. The van der Waals surface area contributed by atoms with Crippen LogP contribution in [0.2, 0.25) is 0 Å². The van der Waals surface area contributed by atoms with Gasteiger partial charge in [0, 0.05) is 17.3 Å². The van der Waals surface area contributed by atoms with Gasteiger partial charge in [-0.05, 0) is 18.9 Å². The third-order valence-corrected chi connectivity index (χ3v) is 5.16. The maximum Gasteiger partial charge on any atom is 0.290 e. The summed E-state index contributed by atoms with van der Waals surface area (Å²) >= 11 is 0. The number of aromatic nitrogens is 2. The topological polar surface area (TPSA) is 128 Å². The molecule has 0 bridgehead atoms. The lowest BCUT2D eigenvalue weighted by atomic mass is 9.81. The minimum Gasteiger partial charge on any atom is -0.271 e. The van der Waals surface area contributed by atoms with Crippen LogP contribution in [0.1, 0.15) is 36.2 Å². The standard InChI is InChI=1S/C17H20N6O3/c24-15-10-6-2-1-5-9(10)13(20-21-15)16(25)22-23-17(26)14-11-7-3-4-8-12(11)18-19-14/h1-2,5-6,11-12,14,18-19H,3-4,7-8H2,(H,21,24)(H,22,25)(H,23,26). The van der Waals surface area contributed by atoms with Crippen LogP contribution in [0.3, 0.4) is 0 Å². The third-order valence-electron chi connectivity index (χ3n) is 5.16. The second kappa shape index (κ2) is 6.85. The largest absolute Gasteiger partial charge is 0.290 e. The summed E-state index contributed by atoms with van der Waals surface area (Å²) in [5, 5.41) is 6.91. The van der Waals surface area contributed by atoms with E-state index < -0.39 is 5.91 Å². The molecule has 5 N–H and O–H groups in total. The third kappa shape index (κ3) is 2.95. The number of carbonyl (C=O) groups excluding carboxylic acids is 2. The van der Waals surface area contributed by atoms with Gasteiger partial charge in [-0.25, -0.2) is 10.5 Å². The lowest BCUT2D eigenvalue weighted by Gasteiger charge is -2.26. The first-order chi connectivity index (χ1) is 12.6. The SMILES string of the molecule is O=C(NNC(=O)C1NNC2CCCCC21)c1n[nH]c(=O)c2ccccc12. The van der Waals surface area contributed by atoms with Gasteiger partial charge in [0.1, 0.15) is 6.04 Å². The fourth-order valence-electron chi connectivity index (χ4n) is 3.84. The minimum atomic E-state index is -0.586. The van der Waals surface area contributed by atoms with E-state index >= 15 is 0 Å². The first kappa shape index (κ1) is 16.7. The van der Waals surface area contributed by atoms with Crippen LogP contribution in [0.15, 0.2) is 29.1 Å². The Bertz CT molecular complexity index is 911. The van der Waals surface area contributed by atoms with Gasteiger partial charge in [0.15, 0.2) is 5.69 Å². The van der Waals surface area contributed by atoms with Crippen LogP contribution < -0.4 is 27.3 Å². The van der Waals surface area contributed by atoms with Crippen molar-refractivity contribution in [2.45, 2.75) is 37.8 Å². The zero-order valence-corrected chi connectivity index (χ0v) is 14.0. The first-order valence-corrected chi connectivity index (χ1v) is 8.74. The monoisotopic (exact) mass is 356 g/mol. The summed E-state index contributed by atoms with van der Waals surface area (Å²) in [5.74, 6) is -0.668. The number of rotatable bonds is 2. The number of aromatic amines is 1. The molecule has 2 heterocycles. The second-order valence-electron chi connectivity index (χ2n) is 6.71. The van der Waals surface area contributed by atoms with Gasteiger partial charge in [-0.2, -0.15) is 5.10 Å². The van der Waals surface area contributed by atoms with Crippen LogP contribution >= 0.6 is 0 Å². The van der Waals surface area contributed by atoms with Crippen LogP contribution in [0.25, 0.3) is 10.8 Å². The van der Waals surface area contributed by atoms with Crippen LogP contribution in [-0.2, 0) is 4.79 Å². The molecule has 26 heavy (non-hydrogen) atoms. The van der Waals surface area contributed by atoms with E-state index in [-0.39, 0.29) is 29.1 Å². The smallest absolute Gasteiger partial charge is 0.271 e. The Labute approximate surface area is 148 Å². The average Bonchev–Trinajstić information content (AvgIpc) is 3.10. The van der Waals surface area contributed by atoms with Crippen molar-refractivity contribution < 1.29 is 9.59 Å². The molecule has 0 spiro atoms. The summed E-state index contributed by atoms with van der Waals surface area (Å²) in [6.07, 6.45) is 4.28. The fraction of sp³-hybridized carbons (Fsp3) is 0.412. The van der Waals surface area contributed by atoms with Crippen LogP contribution in [0.4, 0.5) is 0 Å². The average molecular weight is 356 g/mol. The van der Waals surface area contributed by atoms with Gasteiger partial charge in [0.2, 0.25) is 0 Å². The van der Waals surface area contributed by atoms with Crippen molar-refractivity contribution in [3.05, 3.63) is 40.3 Å². The summed E-state index contributed by atoms with van der Waals surface area (Å²) in [6, 6.07) is 6.59. The molecule has 9 nitrogen and oxygen atoms in total. The van der Waals surface area contributed by atoms with Crippen molar-refractivity contribution in [2.24, 2.45) is 5.92 Å². The summed E-state index contributed by atoms with van der Waals surface area (Å²) in [7, 11) is 0. The van der Waals surface area contributed by atoms with Crippen molar-refractivity contribution in [2.75, 3.05) is 0 Å². The number of nitrogens with one attached hydrogen (secondary N) is 5. The van der Waals surface area contributed by atoms with E-state index in [9.17, 15) is 14.4 Å². The maximum atomic E-state index is 12.4. The molecule has 9 heteroatoms. The number of amides is 2. The Kier molecular flexibility index (Phi) is 4.39. The molecule has 1 saturated carbocycles. The highest BCUT2D eigenvalue weighted by molar-refractivity contribution is 6.05. The molecule has 1 saturated heterocycles. The number of benzene rings is 1. The normalized spacial score (nSPS) is 24.8. The van der Waals surface area contributed by atoms with E-state index in [4.69, 9.17) is 0 Å². The van der Waals surface area contributed by atoms with E-state index in [1.807, 2.05) is 0 Å². The summed E-state index contributed by atoms with van der Waals surface area (Å²) in [5.41, 5.74) is 10.7. The quantitative estimate of drug-likeness (QED) is 0.471. The van der Waals surface area contributed by atoms with Crippen molar-refractivity contribution in [3.8, 4) is 0 Å². The number of nitrogens with zero attached hydrogens (tertiary/aromatic N) is 1. The maximum absolute atomic E-state index is 12.4. The predicted molar refractivity (Wildman–Crippen MR) is 93.8 cm³/mol. The zero-order chi connectivity index (χ0) is 18.1. The Morgan fingerprint density at radius 3 is 2.65 bits per heavy atom. The van der Waals surface area contributed by atoms with Crippen LogP contribution in [0, 0.1) is 5.92 Å². The number of hydrogen-bond donors (Lipinski definition) is 5. The molecule has 2 amide bonds. The van der Waals surface area contributed by atoms with Crippen LogP contribution in [0.5, 0.6) is 0 Å². The van der Waals surface area contributed by atoms with Gasteiger partial charge >= 0.3 is 0 Å². The van der Waals surface area contributed by atoms with E-state index in [0.717, 1.165) is 25.7 Å². The molecule has 1 aliphatic heterocycles. The lowest BCUT2D eigenvalue weighted by molar-refractivity contribution is -0.124. The highest BCUT2D eigenvalue weighted by atomic mass is 16.2. The molecule has 1 aromatic heterocycles. The number of carbonyl (C=O) groups is 2. The van der Waals surface area contributed by atoms with Crippen molar-refractivity contribution in [3.63, 3.8) is 0 Å². The van der Waals surface area contributed by atoms with Crippen molar-refractivity contribution >= 4 is 22.6 Å². The molecular formula is C17H20N6O3. The van der Waals surface area contributed by atoms with Crippen LogP contribution in [-0.4, -0.2) is 34.1 Å². The molecule has 2 aliphatic rings. The Morgan fingerprint density at radius 2 is 1.81 bits per heavy atom. The number of hydrazine groups is 2. The van der Waals surface area contributed by atoms with E-state index in [2.05, 4.69) is 31.9 Å². The molecule has 3 atom stereocenters. The number of H-pyrrole nitrogens is 1.